The molecule has 2 atom stereocenters. The molecule has 18 heavy (non-hydrogen) atoms. The van der Waals surface area contributed by atoms with Gasteiger partial charge in [-0.15, -0.1) is 0 Å². The minimum atomic E-state index is 0.629. The third-order valence-electron chi connectivity index (χ3n) is 4.43. The summed E-state index contributed by atoms with van der Waals surface area (Å²) in [5.41, 5.74) is 0. The molecule has 0 saturated carbocycles. The van der Waals surface area contributed by atoms with Gasteiger partial charge in [0, 0.05) is 12.1 Å². The molecule has 1 fully saturated rings. The third kappa shape index (κ3) is 6.19. The normalized spacial score (nSPS) is 24.2. The van der Waals surface area contributed by atoms with Crippen LogP contribution in [0.4, 0.5) is 0 Å². The molecule has 0 aliphatic carbocycles. The number of hydrogen-bond donors (Lipinski definition) is 1. The summed E-state index contributed by atoms with van der Waals surface area (Å²) < 4.78 is 0. The van der Waals surface area contributed by atoms with Crippen molar-refractivity contribution < 1.29 is 0 Å². The van der Waals surface area contributed by atoms with Crippen molar-refractivity contribution in [3.8, 4) is 0 Å². The zero-order chi connectivity index (χ0) is 13.4. The van der Waals surface area contributed by atoms with Gasteiger partial charge in [0.2, 0.25) is 0 Å². The van der Waals surface area contributed by atoms with Crippen molar-refractivity contribution in [3.05, 3.63) is 0 Å². The van der Waals surface area contributed by atoms with Crippen molar-refractivity contribution in [1.29, 1.82) is 0 Å². The first-order valence-electron chi connectivity index (χ1n) is 8.11. The number of nitrogens with one attached hydrogen (secondary N) is 1. The summed E-state index contributed by atoms with van der Waals surface area (Å²) in [6.07, 6.45) is 8.32. The van der Waals surface area contributed by atoms with E-state index in [1.165, 1.54) is 58.2 Å². The quantitative estimate of drug-likeness (QED) is 0.697. The lowest BCUT2D eigenvalue weighted by Gasteiger charge is -2.28. The molecule has 0 aromatic rings. The summed E-state index contributed by atoms with van der Waals surface area (Å²) in [6.45, 7) is 13.1. The average molecular weight is 254 g/mol. The molecule has 0 aromatic heterocycles. The van der Waals surface area contributed by atoms with Gasteiger partial charge in [-0.1, -0.05) is 27.2 Å². The van der Waals surface area contributed by atoms with Crippen molar-refractivity contribution in [2.75, 3.05) is 19.6 Å². The maximum absolute atomic E-state index is 3.51. The van der Waals surface area contributed by atoms with Crippen LogP contribution >= 0.6 is 0 Å². The average Bonchev–Trinajstić information content (AvgIpc) is 2.59. The van der Waals surface area contributed by atoms with Crippen molar-refractivity contribution in [3.63, 3.8) is 0 Å². The van der Waals surface area contributed by atoms with Gasteiger partial charge in [-0.2, -0.15) is 0 Å². The molecule has 2 heteroatoms. The van der Waals surface area contributed by atoms with Gasteiger partial charge in [0.25, 0.3) is 0 Å². The van der Waals surface area contributed by atoms with Gasteiger partial charge in [0.1, 0.15) is 0 Å². The molecule has 0 radical (unpaired) electrons. The molecule has 2 unspecified atom stereocenters. The molecule has 1 N–H and O–H groups in total. The maximum Gasteiger partial charge on any atom is 0.00674 e. The van der Waals surface area contributed by atoms with Crippen molar-refractivity contribution in [2.24, 2.45) is 5.92 Å². The van der Waals surface area contributed by atoms with E-state index in [4.69, 9.17) is 0 Å². The second kappa shape index (κ2) is 8.92. The van der Waals surface area contributed by atoms with Gasteiger partial charge >= 0.3 is 0 Å². The van der Waals surface area contributed by atoms with Crippen LogP contribution in [0.5, 0.6) is 0 Å². The third-order valence-corrected chi connectivity index (χ3v) is 4.43. The zero-order valence-corrected chi connectivity index (χ0v) is 13.0. The van der Waals surface area contributed by atoms with Gasteiger partial charge in [-0.3, -0.25) is 0 Å². The van der Waals surface area contributed by atoms with E-state index in [9.17, 15) is 0 Å². The summed E-state index contributed by atoms with van der Waals surface area (Å²) in [5, 5.41) is 3.51. The fraction of sp³-hybridized carbons (Fsp3) is 1.00. The Hall–Kier alpha value is -0.0800. The van der Waals surface area contributed by atoms with E-state index in [0.29, 0.717) is 6.04 Å². The molecular formula is C16H34N2. The second-order valence-electron chi connectivity index (χ2n) is 6.34. The number of hydrogen-bond acceptors (Lipinski definition) is 2. The Morgan fingerprint density at radius 2 is 1.94 bits per heavy atom. The lowest BCUT2D eigenvalue weighted by Crippen LogP contribution is -2.35. The SMILES string of the molecule is CCC1CCCN(C(C)CCCNC(C)C)CC1. The minimum Gasteiger partial charge on any atom is -0.315 e. The van der Waals surface area contributed by atoms with Gasteiger partial charge < -0.3 is 10.2 Å². The van der Waals surface area contributed by atoms with Crippen LogP contribution in [0.3, 0.4) is 0 Å². The molecule has 0 bridgehead atoms. The first-order valence-corrected chi connectivity index (χ1v) is 8.11. The highest BCUT2D eigenvalue weighted by atomic mass is 15.1. The van der Waals surface area contributed by atoms with Crippen LogP contribution in [0.15, 0.2) is 0 Å². The van der Waals surface area contributed by atoms with Crippen LogP contribution in [0, 0.1) is 5.92 Å². The Labute approximate surface area is 115 Å². The molecule has 1 aliphatic rings. The lowest BCUT2D eigenvalue weighted by atomic mass is 9.98. The molecule has 0 aromatic carbocycles. The van der Waals surface area contributed by atoms with E-state index in [-0.39, 0.29) is 0 Å². The molecule has 1 aliphatic heterocycles. The Bertz CT molecular complexity index is 203. The fourth-order valence-corrected chi connectivity index (χ4v) is 3.01. The van der Waals surface area contributed by atoms with Crippen LogP contribution in [-0.4, -0.2) is 36.6 Å². The minimum absolute atomic E-state index is 0.629. The predicted octanol–water partition coefficient (Wildman–Crippen LogP) is 3.67. The molecule has 1 heterocycles. The Balaban J connectivity index is 2.18. The summed E-state index contributed by atoms with van der Waals surface area (Å²) in [4.78, 5) is 2.73. The molecular weight excluding hydrogens is 220 g/mol. The Kier molecular flexibility index (Phi) is 7.92. The summed E-state index contributed by atoms with van der Waals surface area (Å²) >= 11 is 0. The van der Waals surface area contributed by atoms with Crippen LogP contribution in [0.25, 0.3) is 0 Å². The van der Waals surface area contributed by atoms with Crippen LogP contribution < -0.4 is 5.32 Å². The smallest absolute Gasteiger partial charge is 0.00674 e. The number of rotatable bonds is 7. The number of nitrogens with zero attached hydrogens (tertiary/aromatic N) is 1. The largest absolute Gasteiger partial charge is 0.315 e. The van der Waals surface area contributed by atoms with Crippen molar-refractivity contribution in [1.82, 2.24) is 10.2 Å². The van der Waals surface area contributed by atoms with Gasteiger partial charge in [0.05, 0.1) is 0 Å². The van der Waals surface area contributed by atoms with E-state index in [1.807, 2.05) is 0 Å². The molecule has 2 nitrogen and oxygen atoms in total. The molecule has 0 spiro atoms. The Morgan fingerprint density at radius 3 is 2.61 bits per heavy atom. The lowest BCUT2D eigenvalue weighted by molar-refractivity contribution is 0.201. The zero-order valence-electron chi connectivity index (χ0n) is 13.0. The van der Waals surface area contributed by atoms with E-state index in [0.717, 1.165) is 12.0 Å². The standard InChI is InChI=1S/C16H34N2/c1-5-16-9-7-12-18(13-10-16)15(4)8-6-11-17-14(2)3/h14-17H,5-13H2,1-4H3. The molecule has 1 saturated heterocycles. The van der Waals surface area contributed by atoms with E-state index >= 15 is 0 Å². The topological polar surface area (TPSA) is 15.3 Å². The predicted molar refractivity (Wildman–Crippen MR) is 81.0 cm³/mol. The van der Waals surface area contributed by atoms with Crippen molar-refractivity contribution >= 4 is 0 Å². The van der Waals surface area contributed by atoms with Crippen LogP contribution in [0.1, 0.15) is 66.2 Å². The highest BCUT2D eigenvalue weighted by Crippen LogP contribution is 2.22. The summed E-state index contributed by atoms with van der Waals surface area (Å²) in [7, 11) is 0. The van der Waals surface area contributed by atoms with E-state index in [1.54, 1.807) is 0 Å². The summed E-state index contributed by atoms with van der Waals surface area (Å²) in [6, 6.07) is 1.40. The maximum atomic E-state index is 3.51. The summed E-state index contributed by atoms with van der Waals surface area (Å²) in [5.74, 6) is 0.991. The van der Waals surface area contributed by atoms with E-state index < -0.39 is 0 Å². The monoisotopic (exact) mass is 254 g/mol. The molecule has 108 valence electrons. The first kappa shape index (κ1) is 16.0. The van der Waals surface area contributed by atoms with E-state index in [2.05, 4.69) is 37.9 Å². The van der Waals surface area contributed by atoms with Crippen molar-refractivity contribution in [2.45, 2.75) is 78.3 Å². The fourth-order valence-electron chi connectivity index (χ4n) is 3.01. The van der Waals surface area contributed by atoms with Crippen LogP contribution in [-0.2, 0) is 0 Å². The second-order valence-corrected chi connectivity index (χ2v) is 6.34. The highest BCUT2D eigenvalue weighted by molar-refractivity contribution is 4.74. The first-order chi connectivity index (χ1) is 8.63. The molecule has 1 rings (SSSR count). The number of likely N-dealkylation sites (tertiary alicyclic amines) is 1. The van der Waals surface area contributed by atoms with Gasteiger partial charge in [-0.25, -0.2) is 0 Å². The Morgan fingerprint density at radius 1 is 1.17 bits per heavy atom. The van der Waals surface area contributed by atoms with Crippen LogP contribution in [0.2, 0.25) is 0 Å². The highest BCUT2D eigenvalue weighted by Gasteiger charge is 2.19. The van der Waals surface area contributed by atoms with Gasteiger partial charge in [-0.05, 0) is 64.6 Å². The van der Waals surface area contributed by atoms with Gasteiger partial charge in [0.15, 0.2) is 0 Å². The molecule has 0 amide bonds.